The van der Waals surface area contributed by atoms with E-state index in [0.717, 1.165) is 13.0 Å². The van der Waals surface area contributed by atoms with Crippen molar-refractivity contribution in [3.05, 3.63) is 0 Å². The molecule has 0 aromatic carbocycles. The third kappa shape index (κ3) is 6.07. The van der Waals surface area contributed by atoms with Crippen molar-refractivity contribution >= 4 is 11.2 Å². The largest absolute Gasteiger partial charge is 0.239 e. The van der Waals surface area contributed by atoms with Crippen LogP contribution in [0, 0.1) is 0 Å². The lowest BCUT2D eigenvalue weighted by atomic mass is 10.5. The van der Waals surface area contributed by atoms with Gasteiger partial charge in [-0.3, -0.25) is 0 Å². The topological polar surface area (TPSA) is 55.1 Å². The first-order valence-electron chi connectivity index (χ1n) is 2.17. The first-order chi connectivity index (χ1) is 3.27. The van der Waals surface area contributed by atoms with Crippen molar-refractivity contribution in [2.45, 2.75) is 13.3 Å². The molecule has 0 fully saturated rings. The highest BCUT2D eigenvalue weighted by Gasteiger charge is 1.82. The van der Waals surface area contributed by atoms with Gasteiger partial charge in [-0.25, -0.2) is 14.1 Å². The van der Waals surface area contributed by atoms with Crippen LogP contribution in [0.4, 0.5) is 0 Å². The quantitative estimate of drug-likeness (QED) is 0.522. The molecule has 0 bridgehead atoms. The smallest absolute Gasteiger partial charge is 0.164 e. The SMILES string of the molecule is CCCNS(N)=O. The van der Waals surface area contributed by atoms with Crippen molar-refractivity contribution in [3.8, 4) is 0 Å². The van der Waals surface area contributed by atoms with E-state index in [4.69, 9.17) is 5.14 Å². The fourth-order valence-electron chi connectivity index (χ4n) is 0.203. The summed E-state index contributed by atoms with van der Waals surface area (Å²) < 4.78 is 12.5. The molecule has 0 aliphatic rings. The molecule has 0 saturated carbocycles. The molecular weight excluding hydrogens is 112 g/mol. The Morgan fingerprint density at radius 2 is 2.43 bits per heavy atom. The fraction of sp³-hybridized carbons (Fsp3) is 1.00. The highest BCUT2D eigenvalue weighted by atomic mass is 32.2. The van der Waals surface area contributed by atoms with Crippen LogP contribution in [0.25, 0.3) is 0 Å². The maximum Gasteiger partial charge on any atom is 0.164 e. The summed E-state index contributed by atoms with van der Waals surface area (Å²) in [5, 5.41) is 4.84. The van der Waals surface area contributed by atoms with Crippen LogP contribution in [0.3, 0.4) is 0 Å². The molecule has 1 atom stereocenters. The Morgan fingerprint density at radius 3 is 2.57 bits per heavy atom. The molecule has 0 aromatic heterocycles. The van der Waals surface area contributed by atoms with E-state index in [1.807, 2.05) is 6.92 Å². The molecule has 0 radical (unpaired) electrons. The number of nitrogens with two attached hydrogens (primary N) is 1. The zero-order valence-electron chi connectivity index (χ0n) is 4.31. The van der Waals surface area contributed by atoms with Crippen LogP contribution in [0.2, 0.25) is 0 Å². The van der Waals surface area contributed by atoms with Gasteiger partial charge in [0.05, 0.1) is 0 Å². The van der Waals surface area contributed by atoms with E-state index < -0.39 is 11.2 Å². The van der Waals surface area contributed by atoms with Crippen LogP contribution in [0.5, 0.6) is 0 Å². The summed E-state index contributed by atoms with van der Waals surface area (Å²) in [6, 6.07) is 0. The van der Waals surface area contributed by atoms with Gasteiger partial charge in [0.25, 0.3) is 0 Å². The van der Waals surface area contributed by atoms with Gasteiger partial charge in [0.2, 0.25) is 0 Å². The zero-order chi connectivity index (χ0) is 5.70. The second-order valence-corrected chi connectivity index (χ2v) is 2.08. The Morgan fingerprint density at radius 1 is 1.86 bits per heavy atom. The van der Waals surface area contributed by atoms with Crippen LogP contribution in [-0.4, -0.2) is 10.8 Å². The van der Waals surface area contributed by atoms with Crippen LogP contribution in [0.1, 0.15) is 13.3 Å². The summed E-state index contributed by atoms with van der Waals surface area (Å²) in [5.41, 5.74) is 0. The van der Waals surface area contributed by atoms with Crippen molar-refractivity contribution in [3.63, 3.8) is 0 Å². The summed E-state index contributed by atoms with van der Waals surface area (Å²) >= 11 is -1.32. The van der Waals surface area contributed by atoms with Crippen LogP contribution >= 0.6 is 0 Å². The van der Waals surface area contributed by atoms with E-state index in [-0.39, 0.29) is 0 Å². The minimum Gasteiger partial charge on any atom is -0.239 e. The van der Waals surface area contributed by atoms with Gasteiger partial charge in [0.15, 0.2) is 11.2 Å². The van der Waals surface area contributed by atoms with Crippen molar-refractivity contribution < 1.29 is 4.21 Å². The standard InChI is InChI=1S/C3H10N2OS/c1-2-3-5-7(4)6/h5H,2-4H2,1H3. The third-order valence-electron chi connectivity index (χ3n) is 0.494. The van der Waals surface area contributed by atoms with Gasteiger partial charge in [-0.05, 0) is 6.42 Å². The van der Waals surface area contributed by atoms with Crippen molar-refractivity contribution in [1.29, 1.82) is 0 Å². The first-order valence-corrected chi connectivity index (χ1v) is 3.38. The monoisotopic (exact) mass is 122 g/mol. The first kappa shape index (κ1) is 7.07. The predicted molar refractivity (Wildman–Crippen MR) is 30.6 cm³/mol. The average molecular weight is 122 g/mol. The molecule has 0 rings (SSSR count). The summed E-state index contributed by atoms with van der Waals surface area (Å²) in [6.07, 6.45) is 0.961. The molecule has 0 saturated heterocycles. The Hall–Kier alpha value is 0.0700. The number of hydrogen-bond acceptors (Lipinski definition) is 1. The lowest BCUT2D eigenvalue weighted by Crippen LogP contribution is -2.24. The molecule has 0 spiro atoms. The molecule has 4 heteroatoms. The van der Waals surface area contributed by atoms with Crippen molar-refractivity contribution in [2.24, 2.45) is 5.14 Å². The summed E-state index contributed by atoms with van der Waals surface area (Å²) in [6.45, 7) is 2.71. The van der Waals surface area contributed by atoms with Crippen molar-refractivity contribution in [1.82, 2.24) is 4.72 Å². The Kier molecular flexibility index (Phi) is 4.28. The van der Waals surface area contributed by atoms with E-state index in [0.29, 0.717) is 0 Å². The van der Waals surface area contributed by atoms with Gasteiger partial charge in [-0.15, -0.1) is 0 Å². The van der Waals surface area contributed by atoms with Gasteiger partial charge in [0.1, 0.15) is 0 Å². The summed E-state index contributed by atoms with van der Waals surface area (Å²) in [7, 11) is 0. The maximum absolute atomic E-state index is 9.98. The van der Waals surface area contributed by atoms with Crippen LogP contribution in [0.15, 0.2) is 0 Å². The van der Waals surface area contributed by atoms with E-state index in [1.165, 1.54) is 0 Å². The highest BCUT2D eigenvalue weighted by Crippen LogP contribution is 1.67. The molecule has 7 heavy (non-hydrogen) atoms. The summed E-state index contributed by atoms with van der Waals surface area (Å²) in [4.78, 5) is 0. The lowest BCUT2D eigenvalue weighted by Gasteiger charge is -1.92. The molecule has 3 nitrogen and oxygen atoms in total. The van der Waals surface area contributed by atoms with Gasteiger partial charge in [0, 0.05) is 6.54 Å². The third-order valence-corrected chi connectivity index (χ3v) is 0.983. The molecule has 44 valence electrons. The normalized spacial score (nSPS) is 14.0. The van der Waals surface area contributed by atoms with Gasteiger partial charge < -0.3 is 0 Å². The van der Waals surface area contributed by atoms with Gasteiger partial charge in [-0.2, -0.15) is 0 Å². The van der Waals surface area contributed by atoms with E-state index in [2.05, 4.69) is 4.72 Å². The van der Waals surface area contributed by atoms with Crippen molar-refractivity contribution in [2.75, 3.05) is 6.54 Å². The Bertz CT molecular complexity index is 66.0. The minimum absolute atomic E-state index is 0.725. The fourth-order valence-corrected chi connectivity index (χ4v) is 0.608. The Balaban J connectivity index is 2.82. The molecule has 0 aliphatic heterocycles. The molecule has 0 heterocycles. The predicted octanol–water partition coefficient (Wildman–Crippen LogP) is -0.477. The molecule has 0 amide bonds. The minimum atomic E-state index is -1.32. The molecule has 1 unspecified atom stereocenters. The summed E-state index contributed by atoms with van der Waals surface area (Å²) in [5.74, 6) is 0. The molecule has 0 aliphatic carbocycles. The zero-order valence-corrected chi connectivity index (χ0v) is 5.12. The molecular formula is C3H10N2OS. The highest BCUT2D eigenvalue weighted by molar-refractivity contribution is 7.80. The maximum atomic E-state index is 9.98. The second kappa shape index (κ2) is 4.23. The van der Waals surface area contributed by atoms with Gasteiger partial charge in [-0.1, -0.05) is 6.92 Å². The average Bonchev–Trinajstić information content (AvgIpc) is 1.61. The van der Waals surface area contributed by atoms with Crippen LogP contribution < -0.4 is 9.86 Å². The molecule has 0 aromatic rings. The Labute approximate surface area is 46.0 Å². The number of nitrogens with one attached hydrogen (secondary N) is 1. The lowest BCUT2D eigenvalue weighted by molar-refractivity contribution is 0.672. The van der Waals surface area contributed by atoms with E-state index in [1.54, 1.807) is 0 Å². The number of hydrogen-bond donors (Lipinski definition) is 2. The number of rotatable bonds is 3. The molecule has 3 N–H and O–H groups in total. The van der Waals surface area contributed by atoms with Crippen LogP contribution in [-0.2, 0) is 11.2 Å². The van der Waals surface area contributed by atoms with E-state index in [9.17, 15) is 4.21 Å². The van der Waals surface area contributed by atoms with E-state index >= 15 is 0 Å². The second-order valence-electron chi connectivity index (χ2n) is 1.19. The van der Waals surface area contributed by atoms with Gasteiger partial charge >= 0.3 is 0 Å².